The maximum absolute atomic E-state index is 6.77. The highest BCUT2D eigenvalue weighted by Crippen LogP contribution is 2.61. The number of hydrogen-bond acceptors (Lipinski definition) is 4. The Morgan fingerprint density at radius 2 is 1.32 bits per heavy atom. The van der Waals surface area contributed by atoms with E-state index in [2.05, 4.69) is 189 Å². The Morgan fingerprint density at radius 1 is 0.587 bits per heavy atom. The van der Waals surface area contributed by atoms with Gasteiger partial charge in [-0.05, 0) is 132 Å². The number of nitrogens with zero attached hydrogens (tertiary/aromatic N) is 3. The van der Waals surface area contributed by atoms with Crippen molar-refractivity contribution in [3.05, 3.63) is 150 Å². The quantitative estimate of drug-likeness (QED) is 0.163. The molecule has 7 aromatic carbocycles. The number of aromatic nitrogens is 1. The van der Waals surface area contributed by atoms with Crippen molar-refractivity contribution in [2.75, 3.05) is 9.80 Å². The summed E-state index contributed by atoms with van der Waals surface area (Å²) in [6.07, 6.45) is 4.82. The van der Waals surface area contributed by atoms with Gasteiger partial charge in [0.25, 0.3) is 6.71 Å². The second-order valence-electron chi connectivity index (χ2n) is 20.5. The topological polar surface area (TPSA) is 37.7 Å². The Morgan fingerprint density at radius 3 is 2.16 bits per heavy atom. The average molecular weight is 818 g/mol. The number of anilines is 5. The van der Waals surface area contributed by atoms with Crippen molar-refractivity contribution in [1.29, 1.82) is 0 Å². The van der Waals surface area contributed by atoms with Gasteiger partial charge in [-0.15, -0.1) is 0 Å². The van der Waals surface area contributed by atoms with Crippen molar-refractivity contribution in [2.45, 2.75) is 83.6 Å². The van der Waals surface area contributed by atoms with E-state index in [4.69, 9.17) is 8.83 Å². The van der Waals surface area contributed by atoms with E-state index in [0.717, 1.165) is 61.5 Å². The fourth-order valence-electron chi connectivity index (χ4n) is 13.0. The summed E-state index contributed by atoms with van der Waals surface area (Å²) >= 11 is 0. The molecule has 0 bridgehead atoms. The molecule has 0 N–H and O–H groups in total. The van der Waals surface area contributed by atoms with Crippen LogP contribution >= 0.6 is 0 Å². The van der Waals surface area contributed by atoms with E-state index in [1.165, 1.54) is 86.3 Å². The molecule has 1 aliphatic carbocycles. The minimum absolute atomic E-state index is 0.00779. The van der Waals surface area contributed by atoms with E-state index in [-0.39, 0.29) is 23.1 Å². The molecule has 1 fully saturated rings. The molecular formula is C57H48BN3O2. The van der Waals surface area contributed by atoms with Crippen molar-refractivity contribution >= 4 is 106 Å². The lowest BCUT2D eigenvalue weighted by molar-refractivity contribution is 0.195. The molecule has 6 heteroatoms. The smallest absolute Gasteiger partial charge is 0.252 e. The summed E-state index contributed by atoms with van der Waals surface area (Å²) in [5.74, 6) is 0. The first-order chi connectivity index (χ1) is 30.5. The number of hydrogen-bond donors (Lipinski definition) is 0. The number of para-hydroxylation sites is 3. The molecule has 0 radical (unpaired) electrons. The predicted molar refractivity (Wildman–Crippen MR) is 263 cm³/mol. The Balaban J connectivity index is 1.09. The van der Waals surface area contributed by atoms with Gasteiger partial charge in [0.2, 0.25) is 0 Å². The Kier molecular flexibility index (Phi) is 6.76. The summed E-state index contributed by atoms with van der Waals surface area (Å²) in [6, 6.07) is 50.2. The number of benzene rings is 7. The highest BCUT2D eigenvalue weighted by atomic mass is 16.3. The minimum Gasteiger partial charge on any atom is -0.456 e. The lowest BCUT2D eigenvalue weighted by Gasteiger charge is -2.50. The van der Waals surface area contributed by atoms with Crippen LogP contribution in [0.15, 0.2) is 142 Å². The molecule has 14 rings (SSSR count). The molecule has 5 nitrogen and oxygen atoms in total. The van der Waals surface area contributed by atoms with Crippen molar-refractivity contribution in [3.63, 3.8) is 0 Å². The molecule has 3 aromatic heterocycles. The molecule has 3 aliphatic heterocycles. The normalized spacial score (nSPS) is 20.0. The van der Waals surface area contributed by atoms with Gasteiger partial charge in [-0.25, -0.2) is 0 Å². The van der Waals surface area contributed by atoms with Gasteiger partial charge >= 0.3 is 0 Å². The Labute approximate surface area is 367 Å². The van der Waals surface area contributed by atoms with E-state index in [0.29, 0.717) is 0 Å². The Bertz CT molecular complexity index is 3660. The summed E-state index contributed by atoms with van der Waals surface area (Å²) in [7, 11) is 0. The van der Waals surface area contributed by atoms with E-state index >= 15 is 0 Å². The number of aryl methyl sites for hydroxylation is 1. The summed E-state index contributed by atoms with van der Waals surface area (Å²) in [6.45, 7) is 14.4. The monoisotopic (exact) mass is 817 g/mol. The minimum atomic E-state index is -0.0889. The van der Waals surface area contributed by atoms with Crippen LogP contribution in [0, 0.1) is 6.92 Å². The first-order valence-electron chi connectivity index (χ1n) is 22.9. The second kappa shape index (κ2) is 11.9. The molecule has 306 valence electrons. The highest BCUT2D eigenvalue weighted by molar-refractivity contribution is 7.00. The third-order valence-electron chi connectivity index (χ3n) is 16.1. The lowest BCUT2D eigenvalue weighted by atomic mass is 9.33. The van der Waals surface area contributed by atoms with Crippen LogP contribution < -0.4 is 26.2 Å². The van der Waals surface area contributed by atoms with Crippen LogP contribution in [0.2, 0.25) is 0 Å². The molecule has 4 aliphatic rings. The number of fused-ring (bicyclic) bond motifs is 15. The summed E-state index contributed by atoms with van der Waals surface area (Å²) in [5, 5.41) is 4.56. The number of rotatable bonds is 2. The maximum Gasteiger partial charge on any atom is 0.252 e. The van der Waals surface area contributed by atoms with Gasteiger partial charge in [-0.1, -0.05) is 107 Å². The SMILES string of the molecule is Cc1cc2c3c(c1)-n1c4c(cccc4c4oc5ccccc5c41)B3c1ccc(N3c4ccc(C(C)(C)C)cc4C4(C)CCCCC34C)cc1N2c1cccc2oc3ccccc3c12. The van der Waals surface area contributed by atoms with Gasteiger partial charge in [0.05, 0.1) is 22.1 Å². The van der Waals surface area contributed by atoms with E-state index in [1.54, 1.807) is 0 Å². The van der Waals surface area contributed by atoms with E-state index in [9.17, 15) is 0 Å². The van der Waals surface area contributed by atoms with Gasteiger partial charge in [-0.2, -0.15) is 0 Å². The van der Waals surface area contributed by atoms with Crippen LogP contribution in [0.4, 0.5) is 28.4 Å². The van der Waals surface area contributed by atoms with E-state index in [1.807, 2.05) is 0 Å². The summed E-state index contributed by atoms with van der Waals surface area (Å²) in [5.41, 5.74) is 21.5. The van der Waals surface area contributed by atoms with Gasteiger partial charge in [-0.3, -0.25) is 0 Å². The predicted octanol–water partition coefficient (Wildman–Crippen LogP) is 13.4. The third-order valence-corrected chi connectivity index (χ3v) is 16.1. The van der Waals surface area contributed by atoms with Crippen LogP contribution in [0.3, 0.4) is 0 Å². The molecule has 63 heavy (non-hydrogen) atoms. The van der Waals surface area contributed by atoms with Gasteiger partial charge in [0, 0.05) is 50.0 Å². The molecule has 10 aromatic rings. The van der Waals surface area contributed by atoms with Crippen LogP contribution in [0.25, 0.3) is 60.6 Å². The second-order valence-corrected chi connectivity index (χ2v) is 20.5. The fraction of sp³-hybridized carbons (Fsp3) is 0.228. The summed E-state index contributed by atoms with van der Waals surface area (Å²) < 4.78 is 15.9. The Hall–Kier alpha value is -6.66. The molecule has 0 amide bonds. The van der Waals surface area contributed by atoms with Crippen LogP contribution in [0.5, 0.6) is 0 Å². The molecular weight excluding hydrogens is 769 g/mol. The first-order valence-corrected chi connectivity index (χ1v) is 22.9. The molecule has 0 saturated heterocycles. The van der Waals surface area contributed by atoms with Gasteiger partial charge in [0.1, 0.15) is 22.3 Å². The molecule has 2 unspecified atom stereocenters. The first kappa shape index (κ1) is 35.9. The highest BCUT2D eigenvalue weighted by Gasteiger charge is 2.58. The standard InChI is InChI=1S/C57H48BN3O2/c1-33-29-45-51-46(30-33)60-52-38(54-53(60)37-16-8-10-21-48(37)63-54)17-13-18-41(52)58(51)40-25-24-35(32-44(40)59(45)43-19-14-22-49-50(43)36-15-7-9-20-47(36)62-49)61-42-26-23-34(55(2,3)4)31-39(42)56(5)27-11-12-28-57(56,61)6/h7-10,13-26,29-32H,11-12,27-28H2,1-6H3. The van der Waals surface area contributed by atoms with Crippen LogP contribution in [-0.4, -0.2) is 16.8 Å². The molecule has 1 saturated carbocycles. The van der Waals surface area contributed by atoms with Gasteiger partial charge in [0.15, 0.2) is 5.58 Å². The number of furan rings is 2. The zero-order valence-electron chi connectivity index (χ0n) is 36.8. The molecule has 2 atom stereocenters. The molecule has 0 spiro atoms. The summed E-state index contributed by atoms with van der Waals surface area (Å²) in [4.78, 5) is 5.34. The van der Waals surface area contributed by atoms with Crippen LogP contribution in [0.1, 0.15) is 77.0 Å². The average Bonchev–Trinajstić information content (AvgIpc) is 4.00. The largest absolute Gasteiger partial charge is 0.456 e. The third kappa shape index (κ3) is 4.39. The maximum atomic E-state index is 6.77. The van der Waals surface area contributed by atoms with E-state index < -0.39 is 0 Å². The zero-order chi connectivity index (χ0) is 42.3. The van der Waals surface area contributed by atoms with Crippen molar-refractivity contribution < 1.29 is 8.83 Å². The van der Waals surface area contributed by atoms with Gasteiger partial charge < -0.3 is 23.2 Å². The lowest BCUT2D eigenvalue weighted by Crippen LogP contribution is -2.60. The van der Waals surface area contributed by atoms with Crippen LogP contribution in [-0.2, 0) is 10.8 Å². The fourth-order valence-corrected chi connectivity index (χ4v) is 13.0. The molecule has 6 heterocycles. The van der Waals surface area contributed by atoms with Crippen molar-refractivity contribution in [3.8, 4) is 5.69 Å². The van der Waals surface area contributed by atoms with Crippen molar-refractivity contribution in [1.82, 2.24) is 4.57 Å². The zero-order valence-corrected chi connectivity index (χ0v) is 36.8. The van der Waals surface area contributed by atoms with Crippen molar-refractivity contribution in [2.24, 2.45) is 0 Å².